The van der Waals surface area contributed by atoms with Crippen LogP contribution in [0.1, 0.15) is 39.0 Å². The molecule has 0 aromatic heterocycles. The lowest BCUT2D eigenvalue weighted by Crippen LogP contribution is -2.25. The highest BCUT2D eigenvalue weighted by atomic mass is 16.5. The highest BCUT2D eigenvalue weighted by molar-refractivity contribution is 5.66. The summed E-state index contributed by atoms with van der Waals surface area (Å²) in [6.45, 7) is 3.30. The molecule has 0 aliphatic carbocycles. The number of nitrogens with one attached hydrogen (secondary N) is 2. The van der Waals surface area contributed by atoms with Gasteiger partial charge in [0.1, 0.15) is 0 Å². The third kappa shape index (κ3) is 12.5. The number of carboxylic acid groups (broad SMARTS) is 1. The van der Waals surface area contributed by atoms with Crippen molar-refractivity contribution in [2.24, 2.45) is 0 Å². The van der Waals surface area contributed by atoms with Crippen molar-refractivity contribution in [2.45, 2.75) is 39.0 Å². The largest absolute Gasteiger partial charge is 0.465 e. The van der Waals surface area contributed by atoms with E-state index < -0.39 is 6.09 Å². The summed E-state index contributed by atoms with van der Waals surface area (Å²) in [5.74, 6) is 0. The molecule has 0 fully saturated rings. The molecule has 0 aromatic carbocycles. The van der Waals surface area contributed by atoms with E-state index in [1.54, 1.807) is 6.92 Å². The van der Waals surface area contributed by atoms with Crippen LogP contribution in [0.25, 0.3) is 0 Å². The molecule has 2 amide bonds. The quantitative estimate of drug-likeness (QED) is 0.543. The molecule has 6 heteroatoms. The fourth-order valence-corrected chi connectivity index (χ4v) is 1.35. The maximum Gasteiger partial charge on any atom is 0.407 e. The van der Waals surface area contributed by atoms with Crippen molar-refractivity contribution >= 4 is 12.2 Å². The number of hydrogen-bond donors (Lipinski definition) is 3. The second kappa shape index (κ2) is 11.0. The van der Waals surface area contributed by atoms with Crippen LogP contribution in [0.4, 0.5) is 9.59 Å². The van der Waals surface area contributed by atoms with Crippen LogP contribution in [-0.4, -0.2) is 37.0 Å². The molecule has 0 radical (unpaired) electrons. The molecule has 0 unspecified atom stereocenters. The minimum Gasteiger partial charge on any atom is -0.465 e. The molecule has 0 atom stereocenters. The van der Waals surface area contributed by atoms with Crippen LogP contribution >= 0.6 is 0 Å². The van der Waals surface area contributed by atoms with Crippen LogP contribution in [0.2, 0.25) is 0 Å². The summed E-state index contributed by atoms with van der Waals surface area (Å²) in [6.07, 6.45) is 3.52. The Bertz CT molecular complexity index is 222. The van der Waals surface area contributed by atoms with Crippen molar-refractivity contribution in [3.8, 4) is 0 Å². The standard InChI is InChI=1S/C11H22N2O4/c1-2-17-11(16)13-9-7-5-3-4-6-8-12-10(14)15/h12H,2-9H2,1H3,(H,13,16)(H,14,15). The maximum absolute atomic E-state index is 10.9. The molecule has 0 spiro atoms. The number of alkyl carbamates (subject to hydrolysis) is 1. The third-order valence-corrected chi connectivity index (χ3v) is 2.17. The molecule has 0 bridgehead atoms. The van der Waals surface area contributed by atoms with Gasteiger partial charge in [0.15, 0.2) is 0 Å². The van der Waals surface area contributed by atoms with Gasteiger partial charge in [-0.15, -0.1) is 0 Å². The molecule has 0 heterocycles. The van der Waals surface area contributed by atoms with Gasteiger partial charge in [0.2, 0.25) is 0 Å². The van der Waals surface area contributed by atoms with E-state index in [1.807, 2.05) is 0 Å². The van der Waals surface area contributed by atoms with E-state index in [4.69, 9.17) is 9.84 Å². The van der Waals surface area contributed by atoms with Crippen molar-refractivity contribution in [3.05, 3.63) is 0 Å². The Hall–Kier alpha value is -1.46. The predicted molar refractivity (Wildman–Crippen MR) is 64.1 cm³/mol. The SMILES string of the molecule is CCOC(=O)NCCCCCCCNC(=O)O. The Kier molecular flexibility index (Phi) is 10.1. The van der Waals surface area contributed by atoms with E-state index in [1.165, 1.54) is 0 Å². The summed E-state index contributed by atoms with van der Waals surface area (Å²) in [5, 5.41) is 13.3. The number of carbonyl (C=O) groups excluding carboxylic acids is 1. The highest BCUT2D eigenvalue weighted by Gasteiger charge is 1.98. The smallest absolute Gasteiger partial charge is 0.407 e. The van der Waals surface area contributed by atoms with Gasteiger partial charge < -0.3 is 20.5 Å². The van der Waals surface area contributed by atoms with E-state index in [0.29, 0.717) is 19.7 Å². The molecule has 3 N–H and O–H groups in total. The highest BCUT2D eigenvalue weighted by Crippen LogP contribution is 2.01. The predicted octanol–water partition coefficient (Wildman–Crippen LogP) is 1.95. The van der Waals surface area contributed by atoms with Gasteiger partial charge in [0.05, 0.1) is 6.61 Å². The number of amides is 2. The summed E-state index contributed by atoms with van der Waals surface area (Å²) in [6, 6.07) is 0. The van der Waals surface area contributed by atoms with Crippen LogP contribution in [0.15, 0.2) is 0 Å². The van der Waals surface area contributed by atoms with Crippen LogP contribution in [0.3, 0.4) is 0 Å². The lowest BCUT2D eigenvalue weighted by Gasteiger charge is -2.05. The molecule has 6 nitrogen and oxygen atoms in total. The minimum absolute atomic E-state index is 0.363. The number of hydrogen-bond acceptors (Lipinski definition) is 3. The number of unbranched alkanes of at least 4 members (excludes halogenated alkanes) is 4. The third-order valence-electron chi connectivity index (χ3n) is 2.17. The first-order chi connectivity index (χ1) is 8.16. The average Bonchev–Trinajstić information content (AvgIpc) is 2.27. The van der Waals surface area contributed by atoms with Gasteiger partial charge in [0, 0.05) is 13.1 Å². The van der Waals surface area contributed by atoms with Gasteiger partial charge in [-0.1, -0.05) is 19.3 Å². The maximum atomic E-state index is 10.9. The first-order valence-electron chi connectivity index (χ1n) is 6.04. The molecule has 17 heavy (non-hydrogen) atoms. The summed E-state index contributed by atoms with van der Waals surface area (Å²) >= 11 is 0. The second-order valence-corrected chi connectivity index (χ2v) is 3.65. The summed E-state index contributed by atoms with van der Waals surface area (Å²) in [7, 11) is 0. The van der Waals surface area contributed by atoms with Crippen molar-refractivity contribution in [1.29, 1.82) is 0 Å². The zero-order chi connectivity index (χ0) is 12.9. The number of rotatable bonds is 9. The molecule has 0 saturated carbocycles. The average molecular weight is 246 g/mol. The van der Waals surface area contributed by atoms with Gasteiger partial charge in [-0.25, -0.2) is 9.59 Å². The van der Waals surface area contributed by atoms with E-state index in [2.05, 4.69) is 10.6 Å². The van der Waals surface area contributed by atoms with E-state index >= 15 is 0 Å². The molecule has 0 rings (SSSR count). The van der Waals surface area contributed by atoms with Crippen molar-refractivity contribution < 1.29 is 19.4 Å². The lowest BCUT2D eigenvalue weighted by atomic mass is 10.1. The summed E-state index contributed by atoms with van der Waals surface area (Å²) < 4.78 is 4.71. The normalized spacial score (nSPS) is 9.71. The van der Waals surface area contributed by atoms with Crippen LogP contribution in [0, 0.1) is 0 Å². The van der Waals surface area contributed by atoms with Gasteiger partial charge in [-0.2, -0.15) is 0 Å². The fraction of sp³-hybridized carbons (Fsp3) is 0.818. The number of carbonyl (C=O) groups is 2. The van der Waals surface area contributed by atoms with E-state index in [0.717, 1.165) is 32.1 Å². The van der Waals surface area contributed by atoms with Crippen molar-refractivity contribution in [1.82, 2.24) is 10.6 Å². The number of ether oxygens (including phenoxy) is 1. The van der Waals surface area contributed by atoms with Gasteiger partial charge in [-0.05, 0) is 19.8 Å². The monoisotopic (exact) mass is 246 g/mol. The molecule has 0 aliphatic rings. The molecular formula is C11H22N2O4. The van der Waals surface area contributed by atoms with Crippen molar-refractivity contribution in [3.63, 3.8) is 0 Å². The van der Waals surface area contributed by atoms with Crippen LogP contribution in [0.5, 0.6) is 0 Å². The Morgan fingerprint density at radius 3 is 2.06 bits per heavy atom. The van der Waals surface area contributed by atoms with Crippen LogP contribution in [-0.2, 0) is 4.74 Å². The lowest BCUT2D eigenvalue weighted by molar-refractivity contribution is 0.152. The molecule has 0 saturated heterocycles. The molecule has 0 aromatic rings. The Morgan fingerprint density at radius 1 is 1.00 bits per heavy atom. The molecular weight excluding hydrogens is 224 g/mol. The zero-order valence-electron chi connectivity index (χ0n) is 10.3. The first-order valence-corrected chi connectivity index (χ1v) is 6.04. The van der Waals surface area contributed by atoms with Gasteiger partial charge in [-0.3, -0.25) is 0 Å². The Balaban J connectivity index is 3.08. The van der Waals surface area contributed by atoms with E-state index in [-0.39, 0.29) is 6.09 Å². The summed E-state index contributed by atoms with van der Waals surface area (Å²) in [5.41, 5.74) is 0. The van der Waals surface area contributed by atoms with E-state index in [9.17, 15) is 9.59 Å². The molecule has 100 valence electrons. The minimum atomic E-state index is -0.969. The topological polar surface area (TPSA) is 87.7 Å². The molecule has 0 aliphatic heterocycles. The summed E-state index contributed by atoms with van der Waals surface area (Å²) in [4.78, 5) is 21.0. The first kappa shape index (κ1) is 15.5. The second-order valence-electron chi connectivity index (χ2n) is 3.65. The Morgan fingerprint density at radius 2 is 1.53 bits per heavy atom. The van der Waals surface area contributed by atoms with Crippen LogP contribution < -0.4 is 10.6 Å². The fourth-order valence-electron chi connectivity index (χ4n) is 1.35. The van der Waals surface area contributed by atoms with Gasteiger partial charge >= 0.3 is 12.2 Å². The Labute approximate surface area is 102 Å². The van der Waals surface area contributed by atoms with Crippen molar-refractivity contribution in [2.75, 3.05) is 19.7 Å². The zero-order valence-corrected chi connectivity index (χ0v) is 10.3. The van der Waals surface area contributed by atoms with Gasteiger partial charge in [0.25, 0.3) is 0 Å².